The van der Waals surface area contributed by atoms with Crippen LogP contribution in [0.5, 0.6) is 0 Å². The molecule has 11 heteroatoms. The lowest BCUT2D eigenvalue weighted by Crippen LogP contribution is -2.46. The summed E-state index contributed by atoms with van der Waals surface area (Å²) in [4.78, 5) is 21.8. The van der Waals surface area contributed by atoms with Crippen LogP contribution in [-0.4, -0.2) is 61.0 Å². The molecule has 1 aliphatic heterocycles. The number of rotatable bonds is 6. The van der Waals surface area contributed by atoms with Crippen LogP contribution in [-0.2, 0) is 11.0 Å². The molecular formula is C18H28F3IN6O. The first kappa shape index (κ1) is 25.2. The fourth-order valence-corrected chi connectivity index (χ4v) is 2.97. The van der Waals surface area contributed by atoms with Crippen molar-refractivity contribution in [3.8, 4) is 0 Å². The van der Waals surface area contributed by atoms with E-state index in [4.69, 9.17) is 0 Å². The lowest BCUT2D eigenvalue weighted by molar-refractivity contribution is -0.137. The van der Waals surface area contributed by atoms with Gasteiger partial charge in [-0.2, -0.15) is 13.2 Å². The number of aliphatic imine (C=N–C) groups is 1. The van der Waals surface area contributed by atoms with Crippen molar-refractivity contribution in [3.05, 3.63) is 23.9 Å². The first-order valence-electron chi connectivity index (χ1n) is 9.24. The van der Waals surface area contributed by atoms with Gasteiger partial charge in [-0.25, -0.2) is 4.98 Å². The molecule has 0 radical (unpaired) electrons. The number of nitrogens with one attached hydrogen (secondary N) is 3. The highest BCUT2D eigenvalue weighted by Gasteiger charge is 2.34. The summed E-state index contributed by atoms with van der Waals surface area (Å²) >= 11 is 0. The third-order valence-corrected chi connectivity index (χ3v) is 4.38. The zero-order chi connectivity index (χ0) is 20.7. The Morgan fingerprint density at radius 1 is 1.38 bits per heavy atom. The summed E-state index contributed by atoms with van der Waals surface area (Å²) in [6.07, 6.45) is -2.32. The van der Waals surface area contributed by atoms with Gasteiger partial charge in [0.2, 0.25) is 5.91 Å². The van der Waals surface area contributed by atoms with Crippen molar-refractivity contribution < 1.29 is 18.0 Å². The molecule has 1 aliphatic rings. The van der Waals surface area contributed by atoms with Gasteiger partial charge in [0.1, 0.15) is 5.82 Å². The van der Waals surface area contributed by atoms with Crippen molar-refractivity contribution in [2.45, 2.75) is 32.5 Å². The maximum absolute atomic E-state index is 13.0. The van der Waals surface area contributed by atoms with Crippen LogP contribution in [0.4, 0.5) is 19.0 Å². The molecule has 0 bridgehead atoms. The molecule has 29 heavy (non-hydrogen) atoms. The zero-order valence-electron chi connectivity index (χ0n) is 16.7. The van der Waals surface area contributed by atoms with Gasteiger partial charge in [-0.15, -0.1) is 24.0 Å². The number of amides is 1. The average molecular weight is 528 g/mol. The SMILES string of the molecule is CN=C(NCCNc1ncccc1C(F)(F)F)NC1CCN(C(=O)C(C)C)C1.I. The van der Waals surface area contributed by atoms with E-state index in [1.807, 2.05) is 18.7 Å². The van der Waals surface area contributed by atoms with Crippen LogP contribution in [0.3, 0.4) is 0 Å². The number of pyridine rings is 1. The van der Waals surface area contributed by atoms with Crippen molar-refractivity contribution >= 4 is 41.7 Å². The molecule has 3 N–H and O–H groups in total. The lowest BCUT2D eigenvalue weighted by Gasteiger charge is -2.20. The molecule has 0 aliphatic carbocycles. The van der Waals surface area contributed by atoms with Crippen molar-refractivity contribution in [1.29, 1.82) is 0 Å². The topological polar surface area (TPSA) is 81.7 Å². The smallest absolute Gasteiger partial charge is 0.368 e. The highest BCUT2D eigenvalue weighted by molar-refractivity contribution is 14.0. The summed E-state index contributed by atoms with van der Waals surface area (Å²) in [7, 11) is 1.62. The normalized spacial score (nSPS) is 17.1. The van der Waals surface area contributed by atoms with Gasteiger partial charge < -0.3 is 20.9 Å². The van der Waals surface area contributed by atoms with Crippen LogP contribution in [0.1, 0.15) is 25.8 Å². The van der Waals surface area contributed by atoms with E-state index in [-0.39, 0.29) is 54.2 Å². The van der Waals surface area contributed by atoms with Crippen LogP contribution < -0.4 is 16.0 Å². The Kier molecular flexibility index (Phi) is 9.93. The van der Waals surface area contributed by atoms with Gasteiger partial charge in [0.05, 0.1) is 5.56 Å². The molecule has 2 heterocycles. The molecule has 7 nitrogen and oxygen atoms in total. The van der Waals surface area contributed by atoms with Crippen molar-refractivity contribution in [1.82, 2.24) is 20.5 Å². The van der Waals surface area contributed by atoms with Crippen LogP contribution >= 0.6 is 24.0 Å². The summed E-state index contributed by atoms with van der Waals surface area (Å²) in [5.41, 5.74) is -0.793. The first-order chi connectivity index (χ1) is 13.2. The monoisotopic (exact) mass is 528 g/mol. The highest BCUT2D eigenvalue weighted by Crippen LogP contribution is 2.33. The largest absolute Gasteiger partial charge is 0.419 e. The standard InChI is InChI=1S/C18H27F3N6O.HI/c1-12(2)16(28)27-10-6-13(11-27)26-17(22-3)25-9-8-24-15-14(18(19,20)21)5-4-7-23-15;/h4-5,7,12-13H,6,8-11H2,1-3H3,(H,23,24)(H2,22,25,26);1H. The van der Waals surface area contributed by atoms with Crippen LogP contribution in [0.15, 0.2) is 23.3 Å². The molecule has 1 fully saturated rings. The summed E-state index contributed by atoms with van der Waals surface area (Å²) < 4.78 is 38.9. The number of likely N-dealkylation sites (tertiary alicyclic amines) is 1. The Bertz CT molecular complexity index is 698. The minimum absolute atomic E-state index is 0. The van der Waals surface area contributed by atoms with Gasteiger partial charge in [0.15, 0.2) is 5.96 Å². The number of alkyl halides is 3. The number of hydrogen-bond acceptors (Lipinski definition) is 4. The fourth-order valence-electron chi connectivity index (χ4n) is 2.97. The van der Waals surface area contributed by atoms with E-state index in [9.17, 15) is 18.0 Å². The average Bonchev–Trinajstić information content (AvgIpc) is 3.11. The number of hydrogen-bond donors (Lipinski definition) is 3. The van der Waals surface area contributed by atoms with E-state index in [1.54, 1.807) is 7.05 Å². The number of nitrogens with zero attached hydrogens (tertiary/aromatic N) is 3. The quantitative estimate of drug-likeness (QED) is 0.229. The summed E-state index contributed by atoms with van der Waals surface area (Å²) in [6.45, 7) is 5.66. The van der Waals surface area contributed by atoms with Gasteiger partial charge in [-0.05, 0) is 18.6 Å². The molecule has 1 amide bonds. The Morgan fingerprint density at radius 2 is 2.10 bits per heavy atom. The van der Waals surface area contributed by atoms with Gasteiger partial charge in [0.25, 0.3) is 0 Å². The maximum Gasteiger partial charge on any atom is 0.419 e. The molecule has 0 spiro atoms. The third-order valence-electron chi connectivity index (χ3n) is 4.38. The Hall–Kier alpha value is -1.79. The second-order valence-corrected chi connectivity index (χ2v) is 6.89. The van der Waals surface area contributed by atoms with Crippen LogP contribution in [0, 0.1) is 5.92 Å². The van der Waals surface area contributed by atoms with E-state index in [1.165, 1.54) is 12.3 Å². The summed E-state index contributed by atoms with van der Waals surface area (Å²) in [6, 6.07) is 2.34. The number of carbonyl (C=O) groups is 1. The molecule has 2 rings (SSSR count). The Morgan fingerprint density at radius 3 is 2.72 bits per heavy atom. The van der Waals surface area contributed by atoms with Gasteiger partial charge in [-0.3, -0.25) is 9.79 Å². The van der Waals surface area contributed by atoms with E-state index >= 15 is 0 Å². The molecule has 0 saturated carbocycles. The van der Waals surface area contributed by atoms with E-state index in [0.717, 1.165) is 12.5 Å². The second-order valence-electron chi connectivity index (χ2n) is 6.89. The van der Waals surface area contributed by atoms with Crippen molar-refractivity contribution in [3.63, 3.8) is 0 Å². The minimum atomic E-state index is -4.45. The fraction of sp³-hybridized carbons (Fsp3) is 0.611. The Labute approximate surface area is 185 Å². The molecule has 1 atom stereocenters. The van der Waals surface area contributed by atoms with Crippen molar-refractivity contribution in [2.75, 3.05) is 38.5 Å². The molecule has 1 unspecified atom stereocenters. The van der Waals surface area contributed by atoms with E-state index in [2.05, 4.69) is 25.9 Å². The minimum Gasteiger partial charge on any atom is -0.368 e. The van der Waals surface area contributed by atoms with Gasteiger partial charge in [0, 0.05) is 51.4 Å². The maximum atomic E-state index is 13.0. The van der Waals surface area contributed by atoms with Crippen LogP contribution in [0.25, 0.3) is 0 Å². The number of halogens is 4. The zero-order valence-corrected chi connectivity index (χ0v) is 19.0. The number of guanidine groups is 1. The van der Waals surface area contributed by atoms with E-state index in [0.29, 0.717) is 25.6 Å². The highest BCUT2D eigenvalue weighted by atomic mass is 127. The number of anilines is 1. The van der Waals surface area contributed by atoms with Crippen LogP contribution in [0.2, 0.25) is 0 Å². The molecule has 164 valence electrons. The molecule has 1 aromatic heterocycles. The second kappa shape index (κ2) is 11.4. The first-order valence-corrected chi connectivity index (χ1v) is 9.24. The number of carbonyl (C=O) groups excluding carboxylic acids is 1. The van der Waals surface area contributed by atoms with Crippen molar-refractivity contribution in [2.24, 2.45) is 10.9 Å². The predicted octanol–water partition coefficient (Wildman–Crippen LogP) is 2.55. The summed E-state index contributed by atoms with van der Waals surface area (Å²) in [5.74, 6) is 0.448. The predicted molar refractivity (Wildman–Crippen MR) is 117 cm³/mol. The molecule has 0 aromatic carbocycles. The lowest BCUT2D eigenvalue weighted by atomic mass is 10.2. The molecule has 1 saturated heterocycles. The number of aromatic nitrogens is 1. The van der Waals surface area contributed by atoms with Gasteiger partial charge in [-0.1, -0.05) is 13.8 Å². The summed E-state index contributed by atoms with van der Waals surface area (Å²) in [5, 5.41) is 9.00. The Balaban J connectivity index is 0.00000420. The van der Waals surface area contributed by atoms with Gasteiger partial charge >= 0.3 is 6.18 Å². The third kappa shape index (κ3) is 7.52. The van der Waals surface area contributed by atoms with E-state index < -0.39 is 11.7 Å². The molecular weight excluding hydrogens is 500 g/mol. The molecule has 1 aromatic rings.